The Balaban J connectivity index is 2.21. The van der Waals surface area contributed by atoms with Crippen molar-refractivity contribution in [3.8, 4) is 0 Å². The summed E-state index contributed by atoms with van der Waals surface area (Å²) in [4.78, 5) is 24.0. The number of esters is 1. The lowest BCUT2D eigenvalue weighted by Crippen LogP contribution is -2.29. The third kappa shape index (κ3) is 3.62. The van der Waals surface area contributed by atoms with E-state index in [4.69, 9.17) is 4.74 Å². The first kappa shape index (κ1) is 15.5. The van der Waals surface area contributed by atoms with Gasteiger partial charge in [0.05, 0.1) is 6.61 Å². The van der Waals surface area contributed by atoms with Crippen LogP contribution in [0.5, 0.6) is 0 Å². The first-order valence-electron chi connectivity index (χ1n) is 6.77. The summed E-state index contributed by atoms with van der Waals surface area (Å²) in [5.74, 6) is -6.52. The van der Waals surface area contributed by atoms with Crippen molar-refractivity contribution in [2.24, 2.45) is 11.8 Å². The molecule has 0 heterocycles. The average Bonchev–Trinajstić information content (AvgIpc) is 3.26. The molecule has 0 aromatic heterocycles. The van der Waals surface area contributed by atoms with Crippen molar-refractivity contribution in [2.75, 3.05) is 6.61 Å². The molecule has 21 heavy (non-hydrogen) atoms. The van der Waals surface area contributed by atoms with Crippen molar-refractivity contribution in [2.45, 2.75) is 26.2 Å². The van der Waals surface area contributed by atoms with Crippen LogP contribution in [0, 0.1) is 29.3 Å². The zero-order valence-corrected chi connectivity index (χ0v) is 11.5. The number of ether oxygens (including phenoxy) is 1. The molecule has 1 unspecified atom stereocenters. The number of ketones is 1. The molecule has 6 heteroatoms. The van der Waals surface area contributed by atoms with Gasteiger partial charge in [0.2, 0.25) is 0 Å². The molecular weight excluding hydrogens is 285 g/mol. The van der Waals surface area contributed by atoms with E-state index in [9.17, 15) is 22.8 Å². The fourth-order valence-corrected chi connectivity index (χ4v) is 2.16. The summed E-state index contributed by atoms with van der Waals surface area (Å²) < 4.78 is 44.1. The Morgan fingerprint density at radius 2 is 1.81 bits per heavy atom. The Kier molecular flexibility index (Phi) is 4.65. The zero-order chi connectivity index (χ0) is 15.6. The van der Waals surface area contributed by atoms with Gasteiger partial charge in [0.1, 0.15) is 5.92 Å². The van der Waals surface area contributed by atoms with E-state index >= 15 is 0 Å². The van der Waals surface area contributed by atoms with E-state index in [-0.39, 0.29) is 30.3 Å². The lowest BCUT2D eigenvalue weighted by molar-refractivity contribution is -0.151. The fourth-order valence-electron chi connectivity index (χ4n) is 2.16. The second-order valence-electron chi connectivity index (χ2n) is 5.06. The number of carbonyl (C=O) groups is 2. The standard InChI is InChI=1S/C15H15F3O3/c1-2-21-15(20)10(14(19)9-3-4-9)5-8-6-11(16)13(18)12(17)7-8/h6-7,9-10H,2-5H2,1H3. The number of hydrogen-bond acceptors (Lipinski definition) is 3. The van der Waals surface area contributed by atoms with E-state index in [1.54, 1.807) is 6.92 Å². The van der Waals surface area contributed by atoms with Gasteiger partial charge in [0, 0.05) is 5.92 Å². The maximum atomic E-state index is 13.2. The van der Waals surface area contributed by atoms with Crippen LogP contribution in [0.1, 0.15) is 25.3 Å². The van der Waals surface area contributed by atoms with E-state index in [1.165, 1.54) is 0 Å². The van der Waals surface area contributed by atoms with Crippen LogP contribution in [0.4, 0.5) is 13.2 Å². The number of hydrogen-bond donors (Lipinski definition) is 0. The van der Waals surface area contributed by atoms with Crippen LogP contribution in [0.2, 0.25) is 0 Å². The van der Waals surface area contributed by atoms with Crippen molar-refractivity contribution >= 4 is 11.8 Å². The molecule has 0 radical (unpaired) electrons. The average molecular weight is 300 g/mol. The molecule has 0 aliphatic heterocycles. The predicted molar refractivity (Wildman–Crippen MR) is 67.9 cm³/mol. The summed E-state index contributed by atoms with van der Waals surface area (Å²) in [7, 11) is 0. The molecule has 0 bridgehead atoms. The number of carbonyl (C=O) groups excluding carboxylic acids is 2. The minimum Gasteiger partial charge on any atom is -0.465 e. The number of Topliss-reactive ketones (excluding diaryl/α,β-unsaturated/α-hetero) is 1. The molecule has 3 nitrogen and oxygen atoms in total. The summed E-state index contributed by atoms with van der Waals surface area (Å²) in [5.41, 5.74) is 0.0541. The molecule has 0 spiro atoms. The summed E-state index contributed by atoms with van der Waals surface area (Å²) in [5, 5.41) is 0. The number of rotatable bonds is 6. The van der Waals surface area contributed by atoms with Crippen molar-refractivity contribution in [3.05, 3.63) is 35.1 Å². The van der Waals surface area contributed by atoms with Gasteiger partial charge >= 0.3 is 5.97 Å². The molecule has 1 atom stereocenters. The summed E-state index contributed by atoms with van der Waals surface area (Å²) in [6, 6.07) is 1.59. The van der Waals surface area contributed by atoms with Crippen LogP contribution >= 0.6 is 0 Å². The first-order valence-corrected chi connectivity index (χ1v) is 6.77. The van der Waals surface area contributed by atoms with Gasteiger partial charge in [0.15, 0.2) is 23.2 Å². The van der Waals surface area contributed by atoms with E-state index in [1.807, 2.05) is 0 Å². The van der Waals surface area contributed by atoms with Gasteiger partial charge < -0.3 is 4.74 Å². The molecule has 1 aliphatic rings. The van der Waals surface area contributed by atoms with Crippen LogP contribution in [-0.2, 0) is 20.7 Å². The lowest BCUT2D eigenvalue weighted by atomic mass is 9.92. The van der Waals surface area contributed by atoms with Gasteiger partial charge in [0.25, 0.3) is 0 Å². The maximum Gasteiger partial charge on any atom is 0.316 e. The third-order valence-corrected chi connectivity index (χ3v) is 3.38. The van der Waals surface area contributed by atoms with E-state index in [0.29, 0.717) is 12.8 Å². The van der Waals surface area contributed by atoms with Gasteiger partial charge in [-0.1, -0.05) is 0 Å². The molecule has 1 fully saturated rings. The monoisotopic (exact) mass is 300 g/mol. The van der Waals surface area contributed by atoms with Crippen LogP contribution in [0.15, 0.2) is 12.1 Å². The molecule has 1 aromatic carbocycles. The minimum atomic E-state index is -1.57. The topological polar surface area (TPSA) is 43.4 Å². The van der Waals surface area contributed by atoms with Crippen molar-refractivity contribution in [1.82, 2.24) is 0 Å². The zero-order valence-electron chi connectivity index (χ0n) is 11.5. The molecule has 1 aromatic rings. The van der Waals surface area contributed by atoms with Gasteiger partial charge in [-0.05, 0) is 43.9 Å². The van der Waals surface area contributed by atoms with Crippen LogP contribution in [-0.4, -0.2) is 18.4 Å². The van der Waals surface area contributed by atoms with Crippen LogP contribution in [0.3, 0.4) is 0 Å². The Hall–Kier alpha value is -1.85. The Morgan fingerprint density at radius 1 is 1.24 bits per heavy atom. The SMILES string of the molecule is CCOC(=O)C(Cc1cc(F)c(F)c(F)c1)C(=O)C1CC1. The lowest BCUT2D eigenvalue weighted by Gasteiger charge is -2.14. The van der Waals surface area contributed by atoms with E-state index < -0.39 is 29.3 Å². The second kappa shape index (κ2) is 6.28. The number of benzene rings is 1. The molecule has 0 N–H and O–H groups in total. The molecule has 1 saturated carbocycles. The molecule has 1 aliphatic carbocycles. The normalized spacial score (nSPS) is 15.6. The highest BCUT2D eigenvalue weighted by Gasteiger charge is 2.39. The van der Waals surface area contributed by atoms with Crippen molar-refractivity contribution in [1.29, 1.82) is 0 Å². The van der Waals surface area contributed by atoms with Gasteiger partial charge in [-0.15, -0.1) is 0 Å². The van der Waals surface area contributed by atoms with Crippen LogP contribution < -0.4 is 0 Å². The molecule has 2 rings (SSSR count). The highest BCUT2D eigenvalue weighted by molar-refractivity contribution is 6.01. The molecule has 0 saturated heterocycles. The number of halogens is 3. The Bertz CT molecular complexity index is 544. The molecule has 0 amide bonds. The van der Waals surface area contributed by atoms with E-state index in [0.717, 1.165) is 12.1 Å². The third-order valence-electron chi connectivity index (χ3n) is 3.38. The van der Waals surface area contributed by atoms with Gasteiger partial charge in [-0.3, -0.25) is 9.59 Å². The fraction of sp³-hybridized carbons (Fsp3) is 0.467. The quantitative estimate of drug-likeness (QED) is 0.461. The minimum absolute atomic E-state index is 0.0541. The maximum absolute atomic E-state index is 13.2. The predicted octanol–water partition coefficient (Wildman–Crippen LogP) is 2.80. The molecule has 114 valence electrons. The van der Waals surface area contributed by atoms with Gasteiger partial charge in [-0.2, -0.15) is 0 Å². The van der Waals surface area contributed by atoms with Crippen molar-refractivity contribution < 1.29 is 27.5 Å². The Morgan fingerprint density at radius 3 is 2.29 bits per heavy atom. The van der Waals surface area contributed by atoms with Gasteiger partial charge in [-0.25, -0.2) is 13.2 Å². The smallest absolute Gasteiger partial charge is 0.316 e. The highest BCUT2D eigenvalue weighted by atomic mass is 19.2. The summed E-state index contributed by atoms with van der Waals surface area (Å²) in [6.45, 7) is 1.72. The van der Waals surface area contributed by atoms with Crippen LogP contribution in [0.25, 0.3) is 0 Å². The largest absolute Gasteiger partial charge is 0.465 e. The summed E-state index contributed by atoms with van der Waals surface area (Å²) >= 11 is 0. The second-order valence-corrected chi connectivity index (χ2v) is 5.06. The molecular formula is C15H15F3O3. The Labute approximate surface area is 120 Å². The first-order chi connectivity index (χ1) is 9.93. The summed E-state index contributed by atoms with van der Waals surface area (Å²) in [6.07, 6.45) is 1.23. The van der Waals surface area contributed by atoms with Crippen molar-refractivity contribution in [3.63, 3.8) is 0 Å². The highest BCUT2D eigenvalue weighted by Crippen LogP contribution is 2.34. The van der Waals surface area contributed by atoms with E-state index in [2.05, 4.69) is 0 Å².